The van der Waals surface area contributed by atoms with Crippen LogP contribution in [0.2, 0.25) is 0 Å². The van der Waals surface area contributed by atoms with E-state index < -0.39 is 0 Å². The van der Waals surface area contributed by atoms with Gasteiger partial charge >= 0.3 is 0 Å². The maximum Gasteiger partial charge on any atom is 0.139 e. The van der Waals surface area contributed by atoms with E-state index in [9.17, 15) is 0 Å². The predicted octanol–water partition coefficient (Wildman–Crippen LogP) is 2.57. The summed E-state index contributed by atoms with van der Waals surface area (Å²) in [6.07, 6.45) is 2.53. The second-order valence-electron chi connectivity index (χ2n) is 5.91. The molecule has 2 aromatic rings. The molecule has 1 saturated heterocycles. The minimum Gasteiger partial charge on any atom is -0.396 e. The van der Waals surface area contributed by atoms with Crippen LogP contribution < -0.4 is 4.90 Å². The van der Waals surface area contributed by atoms with E-state index >= 15 is 0 Å². The van der Waals surface area contributed by atoms with Crippen LogP contribution in [0.4, 0.5) is 5.82 Å². The van der Waals surface area contributed by atoms with Gasteiger partial charge in [-0.25, -0.2) is 9.97 Å². The molecule has 0 saturated carbocycles. The van der Waals surface area contributed by atoms with Crippen LogP contribution in [0.3, 0.4) is 0 Å². The Morgan fingerprint density at radius 1 is 1.30 bits per heavy atom. The van der Waals surface area contributed by atoms with E-state index in [2.05, 4.69) is 46.9 Å². The Bertz CT molecular complexity index is 606. The molecule has 0 spiro atoms. The van der Waals surface area contributed by atoms with Crippen LogP contribution in [0.5, 0.6) is 0 Å². The fraction of sp³-hybridized carbons (Fsp3) is 0.500. The Morgan fingerprint density at radius 2 is 2.10 bits per heavy atom. The van der Waals surface area contributed by atoms with Gasteiger partial charge in [0.25, 0.3) is 0 Å². The van der Waals surface area contributed by atoms with E-state index in [1.54, 1.807) is 6.33 Å². The summed E-state index contributed by atoms with van der Waals surface area (Å²) in [4.78, 5) is 11.1. The summed E-state index contributed by atoms with van der Waals surface area (Å²) in [7, 11) is 0. The third-order valence-corrected chi connectivity index (χ3v) is 4.10. The summed E-state index contributed by atoms with van der Waals surface area (Å²) in [5.41, 5.74) is 2.32. The number of benzene rings is 1. The van der Waals surface area contributed by atoms with Crippen LogP contribution in [-0.4, -0.2) is 34.8 Å². The molecular formula is C16H21N3O. The van der Waals surface area contributed by atoms with Gasteiger partial charge in [-0.3, -0.25) is 0 Å². The van der Waals surface area contributed by atoms with Crippen molar-refractivity contribution < 1.29 is 5.11 Å². The van der Waals surface area contributed by atoms with Crippen LogP contribution in [-0.2, 0) is 0 Å². The summed E-state index contributed by atoms with van der Waals surface area (Å²) in [5.74, 6) is 2.14. The Hall–Kier alpha value is -1.68. The van der Waals surface area contributed by atoms with E-state index in [4.69, 9.17) is 5.11 Å². The van der Waals surface area contributed by atoms with Crippen molar-refractivity contribution in [2.75, 3.05) is 24.6 Å². The molecule has 0 aliphatic carbocycles. The third-order valence-electron chi connectivity index (χ3n) is 4.10. The molecule has 4 nitrogen and oxygen atoms in total. The lowest BCUT2D eigenvalue weighted by atomic mass is 9.95. The number of rotatable bonds is 4. The Balaban J connectivity index is 1.93. The minimum atomic E-state index is 0.278. The molecule has 20 heavy (non-hydrogen) atoms. The molecule has 0 unspecified atom stereocenters. The molecule has 2 heterocycles. The largest absolute Gasteiger partial charge is 0.396 e. The molecule has 0 bridgehead atoms. The normalized spacial score (nSPS) is 15.9. The first-order chi connectivity index (χ1) is 9.69. The monoisotopic (exact) mass is 271 g/mol. The van der Waals surface area contributed by atoms with E-state index in [-0.39, 0.29) is 6.61 Å². The van der Waals surface area contributed by atoms with Crippen LogP contribution >= 0.6 is 0 Å². The highest BCUT2D eigenvalue weighted by Crippen LogP contribution is 2.31. The van der Waals surface area contributed by atoms with E-state index in [1.807, 2.05) is 0 Å². The first-order valence-electron chi connectivity index (χ1n) is 7.29. The summed E-state index contributed by atoms with van der Waals surface area (Å²) >= 11 is 0. The van der Waals surface area contributed by atoms with Crippen molar-refractivity contribution in [3.05, 3.63) is 30.1 Å². The molecule has 0 atom stereocenters. The first-order valence-corrected chi connectivity index (χ1v) is 7.29. The predicted molar refractivity (Wildman–Crippen MR) is 81.0 cm³/mol. The maximum absolute atomic E-state index is 8.98. The zero-order valence-electron chi connectivity index (χ0n) is 12.1. The van der Waals surface area contributed by atoms with Crippen molar-refractivity contribution in [2.24, 2.45) is 5.92 Å². The molecule has 4 heteroatoms. The number of nitrogens with zero attached hydrogens (tertiary/aromatic N) is 3. The molecule has 0 radical (unpaired) electrons. The molecule has 1 fully saturated rings. The molecule has 1 N–H and O–H groups in total. The smallest absolute Gasteiger partial charge is 0.139 e. The lowest BCUT2D eigenvalue weighted by Gasteiger charge is -2.40. The lowest BCUT2D eigenvalue weighted by molar-refractivity contribution is 0.239. The fourth-order valence-electron chi connectivity index (χ4n) is 2.78. The third kappa shape index (κ3) is 2.36. The zero-order valence-corrected chi connectivity index (χ0v) is 12.1. The van der Waals surface area contributed by atoms with Gasteiger partial charge in [0, 0.05) is 25.1 Å². The summed E-state index contributed by atoms with van der Waals surface area (Å²) in [5, 5.41) is 10.1. The number of hydrogen-bond donors (Lipinski definition) is 1. The standard InChI is InChI=1S/C16H21N3O/c1-11(2)13-3-4-15-14(7-13)16(18-10-17-15)19-8-12(9-19)5-6-20/h3-4,7,10-12,20H,5-6,8-9H2,1-2H3. The number of aliphatic hydroxyl groups excluding tert-OH is 1. The molecule has 1 aromatic carbocycles. The highest BCUT2D eigenvalue weighted by Gasteiger charge is 2.28. The van der Waals surface area contributed by atoms with Crippen LogP contribution in [0.25, 0.3) is 10.9 Å². The average Bonchev–Trinajstić information content (AvgIpc) is 2.41. The van der Waals surface area contributed by atoms with Gasteiger partial charge in [0.2, 0.25) is 0 Å². The molecule has 106 valence electrons. The lowest BCUT2D eigenvalue weighted by Crippen LogP contribution is -2.47. The summed E-state index contributed by atoms with van der Waals surface area (Å²) in [6, 6.07) is 6.45. The van der Waals surface area contributed by atoms with Gasteiger partial charge < -0.3 is 10.0 Å². The number of fused-ring (bicyclic) bond motifs is 1. The van der Waals surface area contributed by atoms with Crippen molar-refractivity contribution in [1.82, 2.24) is 9.97 Å². The van der Waals surface area contributed by atoms with Gasteiger partial charge in [-0.2, -0.15) is 0 Å². The van der Waals surface area contributed by atoms with Gasteiger partial charge in [0.15, 0.2) is 0 Å². The molecule has 1 aliphatic heterocycles. The number of hydrogen-bond acceptors (Lipinski definition) is 4. The van der Waals surface area contributed by atoms with Crippen molar-refractivity contribution in [1.29, 1.82) is 0 Å². The summed E-state index contributed by atoms with van der Waals surface area (Å²) in [6.45, 7) is 6.65. The molecule has 1 aliphatic rings. The quantitative estimate of drug-likeness (QED) is 0.928. The van der Waals surface area contributed by atoms with Crippen LogP contribution in [0, 0.1) is 5.92 Å². The second kappa shape index (κ2) is 5.37. The van der Waals surface area contributed by atoms with E-state index in [1.165, 1.54) is 5.56 Å². The number of aromatic nitrogens is 2. The topological polar surface area (TPSA) is 49.2 Å². The van der Waals surface area contributed by atoms with Crippen molar-refractivity contribution in [2.45, 2.75) is 26.2 Å². The first kappa shape index (κ1) is 13.3. The second-order valence-corrected chi connectivity index (χ2v) is 5.91. The average molecular weight is 271 g/mol. The van der Waals surface area contributed by atoms with Gasteiger partial charge in [-0.05, 0) is 36.0 Å². The SMILES string of the molecule is CC(C)c1ccc2ncnc(N3CC(CCO)C3)c2c1. The summed E-state index contributed by atoms with van der Waals surface area (Å²) < 4.78 is 0. The van der Waals surface area contributed by atoms with Gasteiger partial charge in [-0.15, -0.1) is 0 Å². The number of aliphatic hydroxyl groups is 1. The van der Waals surface area contributed by atoms with Crippen LogP contribution in [0.1, 0.15) is 31.7 Å². The molecular weight excluding hydrogens is 250 g/mol. The molecule has 1 aromatic heterocycles. The van der Waals surface area contributed by atoms with Crippen LogP contribution in [0.15, 0.2) is 24.5 Å². The van der Waals surface area contributed by atoms with Crippen molar-refractivity contribution in [3.8, 4) is 0 Å². The Labute approximate surface area is 119 Å². The van der Waals surface area contributed by atoms with Crippen molar-refractivity contribution >= 4 is 16.7 Å². The zero-order chi connectivity index (χ0) is 14.1. The highest BCUT2D eigenvalue weighted by atomic mass is 16.3. The van der Waals surface area contributed by atoms with Gasteiger partial charge in [-0.1, -0.05) is 19.9 Å². The van der Waals surface area contributed by atoms with Crippen molar-refractivity contribution in [3.63, 3.8) is 0 Å². The van der Waals surface area contributed by atoms with Gasteiger partial charge in [0.05, 0.1) is 5.52 Å². The van der Waals surface area contributed by atoms with Gasteiger partial charge in [0.1, 0.15) is 12.1 Å². The van der Waals surface area contributed by atoms with E-state index in [0.29, 0.717) is 11.8 Å². The molecule has 0 amide bonds. The molecule has 3 rings (SSSR count). The minimum absolute atomic E-state index is 0.278. The maximum atomic E-state index is 8.98. The Morgan fingerprint density at radius 3 is 2.80 bits per heavy atom. The fourth-order valence-corrected chi connectivity index (χ4v) is 2.78. The van der Waals surface area contributed by atoms with E-state index in [0.717, 1.165) is 36.2 Å². The highest BCUT2D eigenvalue weighted by molar-refractivity contribution is 5.90. The number of anilines is 1. The Kier molecular flexibility index (Phi) is 3.57.